The fraction of sp³-hybridized carbons (Fsp3) is 0.375. The Morgan fingerprint density at radius 2 is 1.88 bits per heavy atom. The molecule has 8 heteroatoms. The Morgan fingerprint density at radius 1 is 1.16 bits per heavy atom. The zero-order valence-electron chi connectivity index (χ0n) is 18.5. The van der Waals surface area contributed by atoms with E-state index in [1.807, 2.05) is 51.1 Å². The van der Waals surface area contributed by atoms with E-state index in [0.717, 1.165) is 22.1 Å². The van der Waals surface area contributed by atoms with Crippen LogP contribution in [0.2, 0.25) is 0 Å². The van der Waals surface area contributed by atoms with Crippen molar-refractivity contribution in [3.05, 3.63) is 63.9 Å². The van der Waals surface area contributed by atoms with Crippen molar-refractivity contribution in [2.75, 3.05) is 18.1 Å². The molecule has 1 aliphatic heterocycles. The van der Waals surface area contributed by atoms with Gasteiger partial charge in [0.05, 0.1) is 22.6 Å². The van der Waals surface area contributed by atoms with Crippen molar-refractivity contribution in [3.63, 3.8) is 0 Å². The van der Waals surface area contributed by atoms with Gasteiger partial charge in [0.2, 0.25) is 5.91 Å². The number of fused-ring (bicyclic) bond motifs is 1. The van der Waals surface area contributed by atoms with E-state index in [-0.39, 0.29) is 35.6 Å². The third-order valence-corrected chi connectivity index (χ3v) is 7.86. The van der Waals surface area contributed by atoms with E-state index in [1.165, 1.54) is 4.68 Å². The fourth-order valence-electron chi connectivity index (χ4n) is 4.41. The van der Waals surface area contributed by atoms with Gasteiger partial charge in [-0.1, -0.05) is 35.9 Å². The molecule has 0 saturated carbocycles. The molecule has 3 aromatic rings. The lowest BCUT2D eigenvalue weighted by Gasteiger charge is -2.27. The molecular weight excluding hydrogens is 426 g/mol. The molecule has 1 fully saturated rings. The standard InChI is InChI=1S/C24H27N3O4S/c1-4-26(18-11-12-32(30,31)15-18)22(28)14-27-24(29)20-8-6-5-7-19(20)23(25-27)21-13-16(2)9-10-17(21)3/h5-10,13,18H,4,11-12,14-15H2,1-3H3. The molecule has 1 atom stereocenters. The van der Waals surface area contributed by atoms with Crippen molar-refractivity contribution in [2.45, 2.75) is 39.8 Å². The first kappa shape index (κ1) is 22.2. The first-order valence-electron chi connectivity index (χ1n) is 10.8. The zero-order valence-corrected chi connectivity index (χ0v) is 19.4. The number of aryl methyl sites for hydroxylation is 2. The molecular formula is C24H27N3O4S. The average Bonchev–Trinajstić information content (AvgIpc) is 3.12. The highest BCUT2D eigenvalue weighted by Crippen LogP contribution is 2.28. The van der Waals surface area contributed by atoms with Crippen LogP contribution in [0.25, 0.3) is 22.0 Å². The summed E-state index contributed by atoms with van der Waals surface area (Å²) in [5, 5.41) is 5.86. The molecule has 0 aliphatic carbocycles. The number of carbonyl (C=O) groups excluding carboxylic acids is 1. The van der Waals surface area contributed by atoms with Crippen molar-refractivity contribution in [3.8, 4) is 11.3 Å². The Hall–Kier alpha value is -3.00. The Kier molecular flexibility index (Phi) is 5.90. The van der Waals surface area contributed by atoms with Crippen molar-refractivity contribution in [2.24, 2.45) is 0 Å². The van der Waals surface area contributed by atoms with Crippen LogP contribution < -0.4 is 5.56 Å². The third kappa shape index (κ3) is 4.19. The predicted molar refractivity (Wildman–Crippen MR) is 125 cm³/mol. The number of rotatable bonds is 5. The molecule has 1 saturated heterocycles. The van der Waals surface area contributed by atoms with Crippen LogP contribution >= 0.6 is 0 Å². The normalized spacial score (nSPS) is 17.5. The van der Waals surface area contributed by atoms with Crippen LogP contribution in [0.1, 0.15) is 24.5 Å². The minimum absolute atomic E-state index is 0.0274. The molecule has 2 heterocycles. The molecule has 168 valence electrons. The van der Waals surface area contributed by atoms with Crippen LogP contribution in [0.15, 0.2) is 47.3 Å². The molecule has 0 bridgehead atoms. The predicted octanol–water partition coefficient (Wildman–Crippen LogP) is 2.72. The summed E-state index contributed by atoms with van der Waals surface area (Å²) >= 11 is 0. The molecule has 0 N–H and O–H groups in total. The Morgan fingerprint density at radius 3 is 2.53 bits per heavy atom. The van der Waals surface area contributed by atoms with Gasteiger partial charge in [0, 0.05) is 23.5 Å². The number of aromatic nitrogens is 2. The van der Waals surface area contributed by atoms with Crippen molar-refractivity contribution in [1.29, 1.82) is 0 Å². The second kappa shape index (κ2) is 8.50. The maximum absolute atomic E-state index is 13.2. The third-order valence-electron chi connectivity index (χ3n) is 6.11. The quantitative estimate of drug-likeness (QED) is 0.593. The molecule has 0 spiro atoms. The second-order valence-corrected chi connectivity index (χ2v) is 10.6. The lowest BCUT2D eigenvalue weighted by Crippen LogP contribution is -2.44. The van der Waals surface area contributed by atoms with E-state index >= 15 is 0 Å². The van der Waals surface area contributed by atoms with Gasteiger partial charge in [0.15, 0.2) is 9.84 Å². The molecule has 1 aromatic heterocycles. The van der Waals surface area contributed by atoms with Crippen LogP contribution in [0.4, 0.5) is 0 Å². The highest BCUT2D eigenvalue weighted by atomic mass is 32.2. The van der Waals surface area contributed by atoms with Gasteiger partial charge in [-0.25, -0.2) is 13.1 Å². The Bertz CT molecular complexity index is 1360. The first-order valence-corrected chi connectivity index (χ1v) is 12.6. The fourth-order valence-corrected chi connectivity index (χ4v) is 6.14. The summed E-state index contributed by atoms with van der Waals surface area (Å²) in [6.07, 6.45) is 0.426. The number of likely N-dealkylation sites (N-methyl/N-ethyl adjacent to an activating group) is 1. The minimum atomic E-state index is -3.12. The van der Waals surface area contributed by atoms with Crippen molar-refractivity contribution in [1.82, 2.24) is 14.7 Å². The number of benzene rings is 2. The first-order chi connectivity index (χ1) is 15.2. The van der Waals surface area contributed by atoms with Crippen LogP contribution in [0.5, 0.6) is 0 Å². The largest absolute Gasteiger partial charge is 0.337 e. The maximum atomic E-state index is 13.2. The van der Waals surface area contributed by atoms with Crippen LogP contribution in [-0.2, 0) is 21.2 Å². The summed E-state index contributed by atoms with van der Waals surface area (Å²) in [7, 11) is -3.12. The average molecular weight is 454 g/mol. The topological polar surface area (TPSA) is 89.3 Å². The van der Waals surface area contributed by atoms with E-state index in [1.54, 1.807) is 17.0 Å². The maximum Gasteiger partial charge on any atom is 0.275 e. The van der Waals surface area contributed by atoms with E-state index < -0.39 is 9.84 Å². The van der Waals surface area contributed by atoms with E-state index in [4.69, 9.17) is 0 Å². The summed E-state index contributed by atoms with van der Waals surface area (Å²) in [6, 6.07) is 13.0. The van der Waals surface area contributed by atoms with Crippen LogP contribution in [0.3, 0.4) is 0 Å². The van der Waals surface area contributed by atoms with Crippen molar-refractivity contribution < 1.29 is 13.2 Å². The van der Waals surface area contributed by atoms with Gasteiger partial charge >= 0.3 is 0 Å². The van der Waals surface area contributed by atoms with Crippen LogP contribution in [-0.4, -0.2) is 53.1 Å². The van der Waals surface area contributed by atoms with E-state index in [9.17, 15) is 18.0 Å². The summed E-state index contributed by atoms with van der Waals surface area (Å²) in [5.41, 5.74) is 3.33. The SMILES string of the molecule is CCN(C(=O)Cn1nc(-c2cc(C)ccc2C)c2ccccc2c1=O)C1CCS(=O)(=O)C1. The molecule has 1 aliphatic rings. The second-order valence-electron chi connectivity index (χ2n) is 8.41. The Balaban J connectivity index is 1.78. The monoisotopic (exact) mass is 453 g/mol. The van der Waals surface area contributed by atoms with Crippen molar-refractivity contribution >= 4 is 26.5 Å². The minimum Gasteiger partial charge on any atom is -0.337 e. The highest BCUT2D eigenvalue weighted by Gasteiger charge is 2.34. The molecule has 1 unspecified atom stereocenters. The number of amides is 1. The summed E-state index contributed by atoms with van der Waals surface area (Å²) < 4.78 is 25.0. The number of sulfone groups is 1. The highest BCUT2D eigenvalue weighted by molar-refractivity contribution is 7.91. The smallest absolute Gasteiger partial charge is 0.275 e. The molecule has 2 aromatic carbocycles. The van der Waals surface area contributed by atoms with Gasteiger partial charge in [-0.15, -0.1) is 0 Å². The number of hydrogen-bond donors (Lipinski definition) is 0. The lowest BCUT2D eigenvalue weighted by molar-refractivity contribution is -0.133. The number of nitrogens with zero attached hydrogens (tertiary/aromatic N) is 3. The van der Waals surface area contributed by atoms with E-state index in [2.05, 4.69) is 5.10 Å². The Labute approximate surface area is 187 Å². The molecule has 32 heavy (non-hydrogen) atoms. The van der Waals surface area contributed by atoms with Gasteiger partial charge in [-0.05, 0) is 44.9 Å². The summed E-state index contributed by atoms with van der Waals surface area (Å²) in [5.74, 6) is -0.237. The van der Waals surface area contributed by atoms with Gasteiger partial charge in [0.25, 0.3) is 5.56 Å². The van der Waals surface area contributed by atoms with Gasteiger partial charge in [-0.2, -0.15) is 5.10 Å². The molecule has 0 radical (unpaired) electrons. The zero-order chi connectivity index (χ0) is 23.0. The summed E-state index contributed by atoms with van der Waals surface area (Å²) in [4.78, 5) is 27.9. The number of hydrogen-bond acceptors (Lipinski definition) is 5. The van der Waals surface area contributed by atoms with Crippen LogP contribution in [0, 0.1) is 13.8 Å². The molecule has 4 rings (SSSR count). The van der Waals surface area contributed by atoms with Gasteiger partial charge in [-0.3, -0.25) is 9.59 Å². The molecule has 7 nitrogen and oxygen atoms in total. The van der Waals surface area contributed by atoms with Gasteiger partial charge < -0.3 is 4.90 Å². The van der Waals surface area contributed by atoms with Gasteiger partial charge in [0.1, 0.15) is 6.54 Å². The molecule has 1 amide bonds. The number of carbonyl (C=O) groups is 1. The summed E-state index contributed by atoms with van der Waals surface area (Å²) in [6.45, 7) is 5.96. The van der Waals surface area contributed by atoms with E-state index in [0.29, 0.717) is 24.0 Å². The lowest BCUT2D eigenvalue weighted by atomic mass is 9.99.